The van der Waals surface area contributed by atoms with Gasteiger partial charge in [0.2, 0.25) is 12.1 Å². The topological polar surface area (TPSA) is 216 Å². The van der Waals surface area contributed by atoms with Crippen LogP contribution in [-0.4, -0.2) is 57.6 Å². The van der Waals surface area contributed by atoms with E-state index in [1.54, 1.807) is 0 Å². The molecule has 0 heterocycles. The Labute approximate surface area is 279 Å². The zero-order chi connectivity index (χ0) is 34.3. The number of rotatable bonds is 12. The number of carbonyl (C=O) groups excluding carboxylic acids is 4. The molecule has 0 aliphatic carbocycles. The second kappa shape index (κ2) is 15.5. The summed E-state index contributed by atoms with van der Waals surface area (Å²) < 4.78 is 0. The number of carboxylic acids is 2. The molecule has 3 aromatic rings. The monoisotopic (exact) mass is 708 g/mol. The molecule has 0 aliphatic heterocycles. The third-order valence-corrected chi connectivity index (χ3v) is 7.05. The number of ketones is 2. The Hall–Kier alpha value is -4.76. The van der Waals surface area contributed by atoms with E-state index in [1.165, 1.54) is 24.3 Å². The second-order valence-electron chi connectivity index (χ2n) is 9.19. The molecule has 0 radical (unpaired) electrons. The number of carboxylic acid groups (broad SMARTS) is 2. The van der Waals surface area contributed by atoms with Crippen LogP contribution >= 0.6 is 46.4 Å². The Morgan fingerprint density at radius 2 is 0.935 bits per heavy atom. The predicted octanol–water partition coefficient (Wildman–Crippen LogP) is 7.06. The quantitative estimate of drug-likeness (QED) is 0.112. The molecular weight excluding hydrogens is 690 g/mol. The Bertz CT molecular complexity index is 1700. The molecule has 0 aromatic heterocycles. The maximum atomic E-state index is 12.9. The van der Waals surface area contributed by atoms with Crippen LogP contribution in [0.25, 0.3) is 0 Å². The van der Waals surface area contributed by atoms with E-state index in [9.17, 15) is 28.8 Å². The van der Waals surface area contributed by atoms with Crippen molar-refractivity contribution in [3.8, 4) is 0 Å². The zero-order valence-corrected chi connectivity index (χ0v) is 26.4. The van der Waals surface area contributed by atoms with Crippen LogP contribution in [0.3, 0.4) is 0 Å². The molecule has 3 rings (SSSR count). The molecule has 4 N–H and O–H groups in total. The highest BCUT2D eigenvalue weighted by molar-refractivity contribution is 6.38. The summed E-state index contributed by atoms with van der Waals surface area (Å²) in [6, 6.07) is 6.15. The maximum Gasteiger partial charge on any atom is 0.335 e. The van der Waals surface area contributed by atoms with Crippen LogP contribution in [0.1, 0.15) is 34.6 Å². The molecule has 0 fully saturated rings. The number of azo groups is 2. The van der Waals surface area contributed by atoms with Gasteiger partial charge in [0.05, 0.1) is 42.6 Å². The SMILES string of the molecule is CC(=O)C(N=Nc1cc(C(=O)O)ccc1Cl)C(=O)Nc1cc(Cl)c(NC(=O)C(N=Nc2cc(C(=O)O)ccc2Cl)C(C)=O)cc1Cl. The molecule has 0 aliphatic rings. The average Bonchev–Trinajstić information content (AvgIpc) is 2.97. The highest BCUT2D eigenvalue weighted by Crippen LogP contribution is 2.34. The summed E-state index contributed by atoms with van der Waals surface area (Å²) in [4.78, 5) is 72.6. The van der Waals surface area contributed by atoms with Gasteiger partial charge in [-0.3, -0.25) is 19.2 Å². The van der Waals surface area contributed by atoms with E-state index in [0.717, 1.165) is 38.1 Å². The molecule has 2 unspecified atom stereocenters. The van der Waals surface area contributed by atoms with Crippen molar-refractivity contribution in [2.45, 2.75) is 25.9 Å². The lowest BCUT2D eigenvalue weighted by Crippen LogP contribution is -2.32. The van der Waals surface area contributed by atoms with Gasteiger partial charge in [-0.2, -0.15) is 20.5 Å². The largest absolute Gasteiger partial charge is 0.478 e. The Morgan fingerprint density at radius 3 is 1.24 bits per heavy atom. The second-order valence-corrected chi connectivity index (χ2v) is 10.8. The summed E-state index contributed by atoms with van der Waals surface area (Å²) in [5.41, 5.74) is -0.661. The lowest BCUT2D eigenvalue weighted by molar-refractivity contribution is -0.127. The van der Waals surface area contributed by atoms with Crippen LogP contribution in [0.4, 0.5) is 22.7 Å². The van der Waals surface area contributed by atoms with Gasteiger partial charge in [-0.15, -0.1) is 0 Å². The van der Waals surface area contributed by atoms with E-state index in [-0.39, 0.29) is 54.0 Å². The fraction of sp³-hybridized carbons (Fsp3) is 0.143. The van der Waals surface area contributed by atoms with E-state index in [1.807, 2.05) is 0 Å². The van der Waals surface area contributed by atoms with Gasteiger partial charge >= 0.3 is 11.9 Å². The van der Waals surface area contributed by atoms with Gasteiger partial charge in [-0.05, 0) is 62.4 Å². The average molecular weight is 710 g/mol. The fourth-order valence-electron chi connectivity index (χ4n) is 3.46. The number of nitrogens with zero attached hydrogens (tertiary/aromatic N) is 4. The Kier molecular flexibility index (Phi) is 12.0. The molecule has 18 heteroatoms. The number of carbonyl (C=O) groups is 6. The summed E-state index contributed by atoms with van der Waals surface area (Å²) in [5.74, 6) is -5.90. The lowest BCUT2D eigenvalue weighted by Gasteiger charge is -2.15. The molecule has 0 bridgehead atoms. The van der Waals surface area contributed by atoms with Gasteiger partial charge < -0.3 is 20.8 Å². The first-order chi connectivity index (χ1) is 21.6. The van der Waals surface area contributed by atoms with Gasteiger partial charge in [-0.1, -0.05) is 46.4 Å². The van der Waals surface area contributed by atoms with Crippen molar-refractivity contribution < 1.29 is 39.0 Å². The third-order valence-electron chi connectivity index (χ3n) is 5.79. The number of amides is 2. The molecular formula is C28H20Cl4N6O8. The van der Waals surface area contributed by atoms with Crippen LogP contribution in [0, 0.1) is 0 Å². The summed E-state index contributed by atoms with van der Waals surface area (Å²) in [6.07, 6.45) is 0. The number of hydrogen-bond donors (Lipinski definition) is 4. The van der Waals surface area contributed by atoms with Crippen LogP contribution in [0.15, 0.2) is 69.0 Å². The van der Waals surface area contributed by atoms with Crippen LogP contribution in [0.5, 0.6) is 0 Å². The molecule has 0 spiro atoms. The molecule has 0 saturated carbocycles. The van der Waals surface area contributed by atoms with Gasteiger partial charge in [0.25, 0.3) is 11.8 Å². The summed E-state index contributed by atoms with van der Waals surface area (Å²) >= 11 is 24.6. The summed E-state index contributed by atoms with van der Waals surface area (Å²) in [5, 5.41) is 37.8. The molecule has 46 heavy (non-hydrogen) atoms. The van der Waals surface area contributed by atoms with Crippen molar-refractivity contribution in [2.24, 2.45) is 20.5 Å². The number of benzene rings is 3. The molecule has 2 amide bonds. The number of hydrogen-bond acceptors (Lipinski definition) is 10. The number of nitrogens with one attached hydrogen (secondary N) is 2. The molecule has 0 saturated heterocycles. The standard InChI is InChI=1S/C28H20Cl4N6O8/c1-11(39)23(37-35-21-7-13(27(43)44)3-5-15(21)29)25(41)33-19-9-18(32)20(10-17(19)31)34-26(42)24(12(2)40)38-36-22-8-14(28(45)46)4-6-16(22)30/h3-10,23-24H,1-2H3,(H,33,41)(H,34,42)(H,43,44)(H,45,46). The number of Topliss-reactive ketones (excluding diaryl/α,β-unsaturated/α-hetero) is 2. The van der Waals surface area contributed by atoms with Crippen molar-refractivity contribution in [2.75, 3.05) is 10.6 Å². The van der Waals surface area contributed by atoms with Gasteiger partial charge in [0.1, 0.15) is 11.4 Å². The number of halogens is 4. The maximum absolute atomic E-state index is 12.9. The number of aromatic carboxylic acids is 2. The fourth-order valence-corrected chi connectivity index (χ4v) is 4.19. The van der Waals surface area contributed by atoms with Crippen molar-refractivity contribution in [3.63, 3.8) is 0 Å². The summed E-state index contributed by atoms with van der Waals surface area (Å²) in [7, 11) is 0. The molecule has 3 aromatic carbocycles. The van der Waals surface area contributed by atoms with E-state index in [2.05, 4.69) is 31.1 Å². The molecule has 14 nitrogen and oxygen atoms in total. The summed E-state index contributed by atoms with van der Waals surface area (Å²) in [6.45, 7) is 2.15. The van der Waals surface area contributed by atoms with E-state index < -0.39 is 47.4 Å². The van der Waals surface area contributed by atoms with Gasteiger partial charge in [0.15, 0.2) is 11.6 Å². The van der Waals surface area contributed by atoms with Crippen LogP contribution in [-0.2, 0) is 19.2 Å². The molecule has 238 valence electrons. The van der Waals surface area contributed by atoms with Gasteiger partial charge in [0, 0.05) is 0 Å². The smallest absolute Gasteiger partial charge is 0.335 e. The highest BCUT2D eigenvalue weighted by atomic mass is 35.5. The normalized spacial score (nSPS) is 12.5. The van der Waals surface area contributed by atoms with Crippen molar-refractivity contribution in [1.82, 2.24) is 0 Å². The highest BCUT2D eigenvalue weighted by Gasteiger charge is 2.27. The number of anilines is 2. The van der Waals surface area contributed by atoms with Crippen molar-refractivity contribution in [1.29, 1.82) is 0 Å². The van der Waals surface area contributed by atoms with Crippen LogP contribution in [0.2, 0.25) is 20.1 Å². The first-order valence-corrected chi connectivity index (χ1v) is 14.1. The minimum Gasteiger partial charge on any atom is -0.478 e. The van der Waals surface area contributed by atoms with Crippen LogP contribution < -0.4 is 10.6 Å². The Morgan fingerprint density at radius 1 is 0.587 bits per heavy atom. The van der Waals surface area contributed by atoms with Crippen molar-refractivity contribution >= 4 is 104 Å². The third kappa shape index (κ3) is 9.14. The Balaban J connectivity index is 1.79. The predicted molar refractivity (Wildman–Crippen MR) is 169 cm³/mol. The van der Waals surface area contributed by atoms with E-state index >= 15 is 0 Å². The molecule has 2 atom stereocenters. The minimum atomic E-state index is -1.69. The van der Waals surface area contributed by atoms with Gasteiger partial charge in [-0.25, -0.2) is 9.59 Å². The lowest BCUT2D eigenvalue weighted by atomic mass is 10.2. The van der Waals surface area contributed by atoms with Crippen molar-refractivity contribution in [3.05, 3.63) is 79.7 Å². The first kappa shape index (κ1) is 35.7. The minimum absolute atomic E-state index is 0.0218. The van der Waals surface area contributed by atoms with E-state index in [0.29, 0.717) is 0 Å². The first-order valence-electron chi connectivity index (χ1n) is 12.6. The van der Waals surface area contributed by atoms with E-state index in [4.69, 9.17) is 56.6 Å². The zero-order valence-electron chi connectivity index (χ0n) is 23.4.